The van der Waals surface area contributed by atoms with E-state index in [4.69, 9.17) is 4.74 Å². The number of aromatic nitrogens is 2. The Balaban J connectivity index is 2.79. The van der Waals surface area contributed by atoms with Gasteiger partial charge in [0.1, 0.15) is 5.60 Å². The Bertz CT molecular complexity index is 337. The van der Waals surface area contributed by atoms with E-state index in [1.807, 2.05) is 19.9 Å². The SMILES string of the molecule is COC(C)(C)c1nccc(CNC(C)C)n1. The molecule has 0 unspecified atom stereocenters. The molecule has 90 valence electrons. The molecule has 0 fully saturated rings. The van der Waals surface area contributed by atoms with Crippen LogP contribution in [-0.2, 0) is 16.9 Å². The molecule has 1 aromatic heterocycles. The molecule has 0 aliphatic heterocycles. The van der Waals surface area contributed by atoms with E-state index in [2.05, 4.69) is 29.1 Å². The van der Waals surface area contributed by atoms with Crippen LogP contribution in [0.4, 0.5) is 0 Å². The van der Waals surface area contributed by atoms with Gasteiger partial charge in [0.05, 0.1) is 5.69 Å². The Morgan fingerprint density at radius 3 is 2.69 bits per heavy atom. The summed E-state index contributed by atoms with van der Waals surface area (Å²) in [7, 11) is 1.67. The smallest absolute Gasteiger partial charge is 0.159 e. The molecule has 0 amide bonds. The number of methoxy groups -OCH3 is 1. The van der Waals surface area contributed by atoms with Gasteiger partial charge in [0.15, 0.2) is 5.82 Å². The van der Waals surface area contributed by atoms with Crippen molar-refractivity contribution in [1.29, 1.82) is 0 Å². The van der Waals surface area contributed by atoms with Crippen LogP contribution in [0.3, 0.4) is 0 Å². The van der Waals surface area contributed by atoms with Crippen LogP contribution in [0.5, 0.6) is 0 Å². The average Bonchev–Trinajstić information content (AvgIpc) is 2.27. The van der Waals surface area contributed by atoms with Crippen LogP contribution in [-0.4, -0.2) is 23.1 Å². The lowest BCUT2D eigenvalue weighted by Crippen LogP contribution is -2.26. The van der Waals surface area contributed by atoms with Crippen LogP contribution >= 0.6 is 0 Å². The molecule has 1 rings (SSSR count). The Hall–Kier alpha value is -1.00. The summed E-state index contributed by atoms with van der Waals surface area (Å²) in [5.41, 5.74) is 0.553. The zero-order valence-corrected chi connectivity index (χ0v) is 10.7. The molecule has 0 atom stereocenters. The first kappa shape index (κ1) is 13.1. The van der Waals surface area contributed by atoms with Crippen LogP contribution < -0.4 is 5.32 Å². The van der Waals surface area contributed by atoms with E-state index >= 15 is 0 Å². The van der Waals surface area contributed by atoms with Crippen molar-refractivity contribution in [1.82, 2.24) is 15.3 Å². The van der Waals surface area contributed by atoms with Crippen molar-refractivity contribution in [2.45, 2.75) is 45.9 Å². The van der Waals surface area contributed by atoms with Crippen molar-refractivity contribution in [3.63, 3.8) is 0 Å². The fourth-order valence-electron chi connectivity index (χ4n) is 1.18. The molecule has 0 spiro atoms. The standard InChI is InChI=1S/C12H21N3O/c1-9(2)14-8-10-6-7-13-11(15-10)12(3,4)16-5/h6-7,9,14H,8H2,1-5H3. The van der Waals surface area contributed by atoms with Crippen molar-refractivity contribution in [2.75, 3.05) is 7.11 Å². The van der Waals surface area contributed by atoms with Crippen molar-refractivity contribution in [2.24, 2.45) is 0 Å². The van der Waals surface area contributed by atoms with E-state index < -0.39 is 5.60 Å². The summed E-state index contributed by atoms with van der Waals surface area (Å²) in [6.45, 7) is 8.90. The first-order valence-corrected chi connectivity index (χ1v) is 5.56. The molecule has 0 aromatic carbocycles. The van der Waals surface area contributed by atoms with Gasteiger partial charge < -0.3 is 10.1 Å². The van der Waals surface area contributed by atoms with Gasteiger partial charge in [-0.05, 0) is 19.9 Å². The summed E-state index contributed by atoms with van der Waals surface area (Å²) in [6.07, 6.45) is 1.78. The first-order chi connectivity index (χ1) is 7.45. The second-order valence-corrected chi connectivity index (χ2v) is 4.62. The van der Waals surface area contributed by atoms with Crippen molar-refractivity contribution in [3.05, 3.63) is 23.8 Å². The highest BCUT2D eigenvalue weighted by Gasteiger charge is 2.22. The van der Waals surface area contributed by atoms with Crippen LogP contribution in [0.15, 0.2) is 12.3 Å². The summed E-state index contributed by atoms with van der Waals surface area (Å²) >= 11 is 0. The van der Waals surface area contributed by atoms with E-state index in [1.165, 1.54) is 0 Å². The predicted molar refractivity (Wildman–Crippen MR) is 64.0 cm³/mol. The third kappa shape index (κ3) is 3.54. The quantitative estimate of drug-likeness (QED) is 0.827. The molecule has 4 nitrogen and oxygen atoms in total. The Kier molecular flexibility index (Phi) is 4.38. The molecular weight excluding hydrogens is 202 g/mol. The maximum absolute atomic E-state index is 5.36. The van der Waals surface area contributed by atoms with E-state index in [1.54, 1.807) is 13.3 Å². The number of nitrogens with zero attached hydrogens (tertiary/aromatic N) is 2. The van der Waals surface area contributed by atoms with Crippen LogP contribution in [0.25, 0.3) is 0 Å². The van der Waals surface area contributed by atoms with Crippen LogP contribution in [0, 0.1) is 0 Å². The minimum atomic E-state index is -0.437. The maximum atomic E-state index is 5.36. The van der Waals surface area contributed by atoms with Gasteiger partial charge in [-0.25, -0.2) is 9.97 Å². The van der Waals surface area contributed by atoms with Gasteiger partial charge in [0.25, 0.3) is 0 Å². The number of ether oxygens (including phenoxy) is 1. The molecular formula is C12H21N3O. The minimum Gasteiger partial charge on any atom is -0.371 e. The molecule has 4 heteroatoms. The molecule has 0 saturated carbocycles. The van der Waals surface area contributed by atoms with Crippen molar-refractivity contribution >= 4 is 0 Å². The highest BCUT2D eigenvalue weighted by atomic mass is 16.5. The lowest BCUT2D eigenvalue weighted by atomic mass is 10.1. The van der Waals surface area contributed by atoms with Gasteiger partial charge in [0.2, 0.25) is 0 Å². The molecule has 0 radical (unpaired) electrons. The molecule has 1 aromatic rings. The van der Waals surface area contributed by atoms with E-state index in [0.717, 1.165) is 18.1 Å². The second kappa shape index (κ2) is 5.37. The van der Waals surface area contributed by atoms with Crippen molar-refractivity contribution in [3.8, 4) is 0 Å². The highest BCUT2D eigenvalue weighted by Crippen LogP contribution is 2.19. The van der Waals surface area contributed by atoms with Gasteiger partial charge in [-0.1, -0.05) is 13.8 Å². The topological polar surface area (TPSA) is 47.0 Å². The molecule has 1 N–H and O–H groups in total. The molecule has 16 heavy (non-hydrogen) atoms. The third-order valence-electron chi connectivity index (χ3n) is 2.45. The van der Waals surface area contributed by atoms with Gasteiger partial charge in [0, 0.05) is 25.9 Å². The number of hydrogen-bond acceptors (Lipinski definition) is 4. The highest BCUT2D eigenvalue weighted by molar-refractivity contribution is 5.06. The maximum Gasteiger partial charge on any atom is 0.159 e. The van der Waals surface area contributed by atoms with Crippen LogP contribution in [0.2, 0.25) is 0 Å². The summed E-state index contributed by atoms with van der Waals surface area (Å²) in [5.74, 6) is 0.720. The van der Waals surface area contributed by atoms with Crippen molar-refractivity contribution < 1.29 is 4.74 Å². The minimum absolute atomic E-state index is 0.437. The monoisotopic (exact) mass is 223 g/mol. The Labute approximate surface area is 97.5 Å². The number of hydrogen-bond donors (Lipinski definition) is 1. The summed E-state index contributed by atoms with van der Waals surface area (Å²) in [6, 6.07) is 2.37. The first-order valence-electron chi connectivity index (χ1n) is 5.56. The zero-order valence-electron chi connectivity index (χ0n) is 10.7. The average molecular weight is 223 g/mol. The lowest BCUT2D eigenvalue weighted by molar-refractivity contribution is 0.0112. The van der Waals surface area contributed by atoms with Gasteiger partial charge in [-0.15, -0.1) is 0 Å². The van der Waals surface area contributed by atoms with E-state index in [-0.39, 0.29) is 0 Å². The summed E-state index contributed by atoms with van der Waals surface area (Å²) < 4.78 is 5.36. The van der Waals surface area contributed by atoms with Crippen LogP contribution in [0.1, 0.15) is 39.2 Å². The molecule has 0 bridgehead atoms. The summed E-state index contributed by atoms with van der Waals surface area (Å²) in [4.78, 5) is 8.73. The Morgan fingerprint density at radius 1 is 1.44 bits per heavy atom. The molecule has 1 heterocycles. The second-order valence-electron chi connectivity index (χ2n) is 4.62. The van der Waals surface area contributed by atoms with E-state index in [0.29, 0.717) is 6.04 Å². The van der Waals surface area contributed by atoms with Gasteiger partial charge >= 0.3 is 0 Å². The molecule has 0 aliphatic rings. The third-order valence-corrected chi connectivity index (χ3v) is 2.45. The lowest BCUT2D eigenvalue weighted by Gasteiger charge is -2.21. The zero-order chi connectivity index (χ0) is 12.2. The normalized spacial score (nSPS) is 12.1. The number of rotatable bonds is 5. The fourth-order valence-corrected chi connectivity index (χ4v) is 1.18. The largest absolute Gasteiger partial charge is 0.371 e. The van der Waals surface area contributed by atoms with Gasteiger partial charge in [-0.2, -0.15) is 0 Å². The predicted octanol–water partition coefficient (Wildman–Crippen LogP) is 1.86. The van der Waals surface area contributed by atoms with Gasteiger partial charge in [-0.3, -0.25) is 0 Å². The molecule has 0 aliphatic carbocycles. The fraction of sp³-hybridized carbons (Fsp3) is 0.667. The summed E-state index contributed by atoms with van der Waals surface area (Å²) in [5, 5.41) is 3.33. The van der Waals surface area contributed by atoms with E-state index in [9.17, 15) is 0 Å². The molecule has 0 saturated heterocycles. The number of nitrogens with one attached hydrogen (secondary N) is 1. The Morgan fingerprint density at radius 2 is 2.12 bits per heavy atom.